The van der Waals surface area contributed by atoms with Crippen molar-refractivity contribution in [2.45, 2.75) is 107 Å². The first-order valence-corrected chi connectivity index (χ1v) is 24.1. The Kier molecular flexibility index (Phi) is 17.7. The molecule has 12 nitrogen and oxygen atoms in total. The number of carbonyl (C=O) groups excluding carboxylic acids is 2. The van der Waals surface area contributed by atoms with E-state index in [-0.39, 0.29) is 29.1 Å². The summed E-state index contributed by atoms with van der Waals surface area (Å²) in [4.78, 5) is 64.4. The predicted octanol–water partition coefficient (Wildman–Crippen LogP) is 8.74. The number of ether oxygens (including phenoxy) is 2. The van der Waals surface area contributed by atoms with Crippen LogP contribution in [0, 0.1) is 53.4 Å². The number of hydrogen-bond donors (Lipinski definition) is 4. The van der Waals surface area contributed by atoms with E-state index in [0.29, 0.717) is 72.0 Å². The average molecular weight is 986 g/mol. The Labute approximate surface area is 407 Å². The number of rotatable bonds is 10. The second-order valence-corrected chi connectivity index (χ2v) is 19.2. The zero-order valence-electron chi connectivity index (χ0n) is 40.3. The summed E-state index contributed by atoms with van der Waals surface area (Å²) in [6.45, 7) is 17.1. The molecule has 8 rings (SSSR count). The number of ketones is 2. The number of nitrogens with zero attached hydrogens (tertiary/aromatic N) is 2. The maximum Gasteiger partial charge on any atom is 0.490 e. The Morgan fingerprint density at radius 2 is 1.16 bits per heavy atom. The third-order valence-corrected chi connectivity index (χ3v) is 13.0. The number of halogens is 1. The highest BCUT2D eigenvalue weighted by Crippen LogP contribution is 2.39. The first-order chi connectivity index (χ1) is 32.4. The Morgan fingerprint density at radius 3 is 1.63 bits per heavy atom. The molecule has 2 aliphatic heterocycles. The summed E-state index contributed by atoms with van der Waals surface area (Å²) in [5, 5.41) is 17.3. The summed E-state index contributed by atoms with van der Waals surface area (Å²) in [5.41, 5.74) is 12.3. The minimum Gasteiger partial charge on any atom is -0.492 e. The van der Waals surface area contributed by atoms with Crippen molar-refractivity contribution in [1.29, 1.82) is 0 Å². The number of nitrogens with one attached hydrogen (secondary N) is 2. The molecule has 0 amide bonds. The Balaban J connectivity index is 0.000000189. The number of aromatic nitrogens is 4. The SMILES string of the molecule is Cc1cc(C)c(CCC(=O)c2cc(Br)c3c(c2)CCC(C)CO3)c(=O)[nH]1.Cc1ccc(-c2cc(C(=O)CCc3c(C)cc(C)[nH]c3=O)cc3c2OCC(C)CC3)cn1.Cc1ccc(B(O)O)cn1. The first kappa shape index (κ1) is 51.4. The van der Waals surface area contributed by atoms with Gasteiger partial charge in [-0.15, -0.1) is 0 Å². The van der Waals surface area contributed by atoms with Crippen LogP contribution in [0.3, 0.4) is 0 Å². The number of Topliss-reactive ketones (excluding diaryl/α,β-unsaturated/α-hetero) is 2. The molecule has 2 atom stereocenters. The number of H-pyrrole nitrogens is 2. The maximum absolute atomic E-state index is 13.2. The fourth-order valence-electron chi connectivity index (χ4n) is 8.41. The summed E-state index contributed by atoms with van der Waals surface area (Å²) < 4.78 is 12.9. The highest BCUT2D eigenvalue weighted by atomic mass is 79.9. The Hall–Kier alpha value is -5.96. The largest absolute Gasteiger partial charge is 0.492 e. The maximum atomic E-state index is 13.2. The van der Waals surface area contributed by atoms with Gasteiger partial charge in [-0.2, -0.15) is 0 Å². The molecular weight excluding hydrogens is 923 g/mol. The van der Waals surface area contributed by atoms with Gasteiger partial charge in [0.25, 0.3) is 11.1 Å². The number of aromatic amines is 2. The van der Waals surface area contributed by atoms with Crippen molar-refractivity contribution in [2.75, 3.05) is 13.2 Å². The Bertz CT molecular complexity index is 2880. The monoisotopic (exact) mass is 984 g/mol. The van der Waals surface area contributed by atoms with Crippen LogP contribution in [-0.4, -0.2) is 61.9 Å². The van der Waals surface area contributed by atoms with Gasteiger partial charge in [-0.05, 0) is 179 Å². The van der Waals surface area contributed by atoms with E-state index in [1.54, 1.807) is 12.1 Å². The van der Waals surface area contributed by atoms with Crippen LogP contribution in [0.4, 0.5) is 0 Å². The van der Waals surface area contributed by atoms with Crippen LogP contribution in [0.2, 0.25) is 0 Å². The summed E-state index contributed by atoms with van der Waals surface area (Å²) in [5.74, 6) is 2.77. The van der Waals surface area contributed by atoms with E-state index < -0.39 is 7.12 Å². The minimum absolute atomic E-state index is 0.0331. The van der Waals surface area contributed by atoms with Gasteiger partial charge in [0, 0.05) is 86.9 Å². The zero-order valence-corrected chi connectivity index (χ0v) is 41.9. The van der Waals surface area contributed by atoms with Crippen molar-refractivity contribution in [2.24, 2.45) is 11.8 Å². The number of carbonyl (C=O) groups is 2. The van der Waals surface area contributed by atoms with Gasteiger partial charge in [0.15, 0.2) is 11.6 Å². The molecule has 0 radical (unpaired) electrons. The molecule has 68 heavy (non-hydrogen) atoms. The summed E-state index contributed by atoms with van der Waals surface area (Å²) >= 11 is 3.55. The molecule has 0 aliphatic carbocycles. The number of aryl methyl sites for hydroxylation is 8. The van der Waals surface area contributed by atoms with Gasteiger partial charge in [-0.25, -0.2) is 0 Å². The number of hydrogen-bond acceptors (Lipinski definition) is 10. The molecule has 0 bridgehead atoms. The number of fused-ring (bicyclic) bond motifs is 2. The van der Waals surface area contributed by atoms with Crippen LogP contribution in [0.15, 0.2) is 87.1 Å². The van der Waals surface area contributed by atoms with Crippen molar-refractivity contribution in [3.05, 3.63) is 166 Å². The molecule has 4 N–H and O–H groups in total. The Morgan fingerprint density at radius 1 is 0.676 bits per heavy atom. The second-order valence-electron chi connectivity index (χ2n) is 18.4. The fraction of sp³-hybridized carbons (Fsp3) is 0.370. The lowest BCUT2D eigenvalue weighted by Gasteiger charge is -2.16. The van der Waals surface area contributed by atoms with E-state index in [2.05, 4.69) is 49.7 Å². The molecule has 2 aromatic carbocycles. The van der Waals surface area contributed by atoms with E-state index in [1.165, 1.54) is 6.20 Å². The van der Waals surface area contributed by atoms with Crippen LogP contribution < -0.4 is 26.1 Å². The van der Waals surface area contributed by atoms with Gasteiger partial charge in [0.1, 0.15) is 11.5 Å². The van der Waals surface area contributed by atoms with Gasteiger partial charge in [0.05, 0.1) is 17.7 Å². The summed E-state index contributed by atoms with van der Waals surface area (Å²) in [7, 11) is -1.41. The van der Waals surface area contributed by atoms with E-state index in [1.807, 2.05) is 96.3 Å². The van der Waals surface area contributed by atoms with Crippen LogP contribution in [0.1, 0.15) is 116 Å². The molecule has 0 saturated heterocycles. The molecule has 356 valence electrons. The van der Waals surface area contributed by atoms with Crippen molar-refractivity contribution in [3.8, 4) is 22.6 Å². The van der Waals surface area contributed by atoms with E-state index in [4.69, 9.17) is 19.5 Å². The van der Waals surface area contributed by atoms with Crippen LogP contribution in [0.5, 0.6) is 11.5 Å². The normalized spacial score (nSPS) is 15.0. The molecule has 0 saturated carbocycles. The zero-order chi connectivity index (χ0) is 49.2. The highest BCUT2D eigenvalue weighted by molar-refractivity contribution is 9.10. The van der Waals surface area contributed by atoms with E-state index in [9.17, 15) is 19.2 Å². The van der Waals surface area contributed by atoms with Gasteiger partial charge in [0.2, 0.25) is 0 Å². The van der Waals surface area contributed by atoms with Crippen LogP contribution in [-0.2, 0) is 25.7 Å². The van der Waals surface area contributed by atoms with Gasteiger partial charge in [-0.1, -0.05) is 26.0 Å². The topological polar surface area (TPSA) is 185 Å². The quantitative estimate of drug-likeness (QED) is 0.0765. The van der Waals surface area contributed by atoms with Gasteiger partial charge < -0.3 is 29.5 Å². The number of benzene rings is 2. The van der Waals surface area contributed by atoms with Crippen molar-refractivity contribution < 1.29 is 29.1 Å². The van der Waals surface area contributed by atoms with E-state index in [0.717, 1.165) is 97.8 Å². The summed E-state index contributed by atoms with van der Waals surface area (Å²) in [6, 6.07) is 18.9. The van der Waals surface area contributed by atoms with Crippen molar-refractivity contribution in [1.82, 2.24) is 19.9 Å². The molecule has 4 aromatic heterocycles. The average Bonchev–Trinajstić information content (AvgIpc) is 3.60. The van der Waals surface area contributed by atoms with Gasteiger partial charge in [-0.3, -0.25) is 29.1 Å². The first-order valence-electron chi connectivity index (χ1n) is 23.3. The predicted molar refractivity (Wildman–Crippen MR) is 272 cm³/mol. The lowest BCUT2D eigenvalue weighted by atomic mass is 9.82. The third kappa shape index (κ3) is 13.6. The van der Waals surface area contributed by atoms with E-state index >= 15 is 0 Å². The standard InChI is InChI=1S/C27H30N2O3.C21H24BrNO3.C6H8BNO2/c1-16-5-7-20-12-22(25(30)10-9-23-17(2)11-19(4)29-27(23)31)13-24(26(20)32-15-16)21-8-6-18(3)28-14-21;1-12-4-5-15-9-16(10-18(22)20(15)26-11-12)19(24)7-6-17-13(2)8-14(3)23-21(17)25;1-5-2-3-6(4-8-5)7(9)10/h6,8,11-14,16H,5,7,9-10,15H2,1-4H3,(H,29,31);8-10,12H,4-7,11H2,1-3H3,(H,23,25);2-4,9-10H,1H3. The van der Waals surface area contributed by atoms with Crippen molar-refractivity contribution >= 4 is 40.1 Å². The lowest BCUT2D eigenvalue weighted by Crippen LogP contribution is -2.29. The second kappa shape index (κ2) is 23.4. The molecule has 6 heterocycles. The highest BCUT2D eigenvalue weighted by Gasteiger charge is 2.23. The fourth-order valence-corrected chi connectivity index (χ4v) is 9.03. The number of pyridine rings is 4. The molecule has 2 unspecified atom stereocenters. The molecule has 0 fully saturated rings. The molecular formula is C54H62BBrN4O8. The lowest BCUT2D eigenvalue weighted by molar-refractivity contribution is 0.0974. The molecule has 14 heteroatoms. The third-order valence-electron chi connectivity index (χ3n) is 12.4. The smallest absolute Gasteiger partial charge is 0.490 e. The van der Waals surface area contributed by atoms with Crippen LogP contribution >= 0.6 is 15.9 Å². The molecule has 0 spiro atoms. The minimum atomic E-state index is -1.41. The summed E-state index contributed by atoms with van der Waals surface area (Å²) in [6.07, 6.45) is 8.61. The molecule has 2 aliphatic rings. The molecule has 6 aromatic rings. The van der Waals surface area contributed by atoms with Crippen LogP contribution in [0.25, 0.3) is 11.1 Å². The van der Waals surface area contributed by atoms with Crippen molar-refractivity contribution in [3.63, 3.8) is 0 Å². The van der Waals surface area contributed by atoms with Gasteiger partial charge >= 0.3 is 7.12 Å².